The van der Waals surface area contributed by atoms with E-state index in [0.717, 1.165) is 0 Å². The molecule has 1 unspecified atom stereocenters. The molecule has 2 fully saturated rings. The van der Waals surface area contributed by atoms with Gasteiger partial charge in [-0.2, -0.15) is 8.78 Å². The number of nitrogens with one attached hydrogen (secondary N) is 1. The number of halogens is 2. The zero-order valence-corrected chi connectivity index (χ0v) is 9.18. The van der Waals surface area contributed by atoms with Crippen LogP contribution in [-0.4, -0.2) is 64.6 Å². The van der Waals surface area contributed by atoms with Crippen LogP contribution in [-0.2, 0) is 9.53 Å². The van der Waals surface area contributed by atoms with Gasteiger partial charge in [-0.3, -0.25) is 15.0 Å². The molecule has 2 aliphatic rings. The summed E-state index contributed by atoms with van der Waals surface area (Å²) in [6.45, 7) is -1.02. The molecule has 102 valence electrons. The van der Waals surface area contributed by atoms with Crippen molar-refractivity contribution in [2.75, 3.05) is 13.2 Å². The number of ether oxygens (including phenoxy) is 1. The predicted octanol–water partition coefficient (Wildman–Crippen LogP) is -1.36. The maximum absolute atomic E-state index is 13.7. The third kappa shape index (κ3) is 1.93. The van der Waals surface area contributed by atoms with Crippen molar-refractivity contribution in [1.29, 1.82) is 0 Å². The highest BCUT2D eigenvalue weighted by Crippen LogP contribution is 2.38. The van der Waals surface area contributed by atoms with E-state index in [1.54, 1.807) is 0 Å². The van der Waals surface area contributed by atoms with Gasteiger partial charge in [0.2, 0.25) is 12.1 Å². The monoisotopic (exact) mass is 266 g/mol. The van der Waals surface area contributed by atoms with Crippen LogP contribution in [0.4, 0.5) is 13.6 Å². The Kier molecular flexibility index (Phi) is 3.21. The maximum Gasteiger partial charge on any atom is 0.326 e. The normalized spacial score (nSPS) is 35.8. The molecular formula is C9H12F2N2O5. The van der Waals surface area contributed by atoms with Gasteiger partial charge in [-0.15, -0.1) is 0 Å². The quantitative estimate of drug-likeness (QED) is 0.573. The molecule has 0 aromatic carbocycles. The van der Waals surface area contributed by atoms with Crippen molar-refractivity contribution in [3.8, 4) is 0 Å². The molecule has 2 saturated heterocycles. The van der Waals surface area contributed by atoms with Gasteiger partial charge < -0.3 is 14.9 Å². The number of aliphatic hydroxyl groups is 2. The van der Waals surface area contributed by atoms with Crippen LogP contribution in [0.2, 0.25) is 0 Å². The Morgan fingerprint density at radius 1 is 1.50 bits per heavy atom. The van der Waals surface area contributed by atoms with Crippen LogP contribution < -0.4 is 5.32 Å². The molecule has 7 nitrogen and oxygen atoms in total. The molecule has 2 aliphatic heterocycles. The lowest BCUT2D eigenvalue weighted by Gasteiger charge is -2.33. The van der Waals surface area contributed by atoms with Gasteiger partial charge in [-0.25, -0.2) is 4.79 Å². The van der Waals surface area contributed by atoms with E-state index in [9.17, 15) is 23.5 Å². The molecule has 3 N–H and O–H groups in total. The van der Waals surface area contributed by atoms with E-state index in [4.69, 9.17) is 9.84 Å². The van der Waals surface area contributed by atoms with E-state index in [0.29, 0.717) is 4.90 Å². The Morgan fingerprint density at radius 3 is 2.67 bits per heavy atom. The zero-order chi connectivity index (χ0) is 13.5. The summed E-state index contributed by atoms with van der Waals surface area (Å²) in [6.07, 6.45) is -5.77. The molecule has 3 amide bonds. The average molecular weight is 266 g/mol. The summed E-state index contributed by atoms with van der Waals surface area (Å²) in [5, 5.41) is 20.0. The fourth-order valence-corrected chi connectivity index (χ4v) is 1.95. The van der Waals surface area contributed by atoms with Crippen molar-refractivity contribution in [2.24, 2.45) is 0 Å². The van der Waals surface area contributed by atoms with Crippen LogP contribution >= 0.6 is 0 Å². The predicted molar refractivity (Wildman–Crippen MR) is 51.6 cm³/mol. The molecule has 0 bridgehead atoms. The molecule has 0 radical (unpaired) electrons. The van der Waals surface area contributed by atoms with Gasteiger partial charge in [0, 0.05) is 13.0 Å². The Labute approximate surface area is 100 Å². The van der Waals surface area contributed by atoms with Gasteiger partial charge in [0.15, 0.2) is 6.10 Å². The summed E-state index contributed by atoms with van der Waals surface area (Å²) in [7, 11) is 0. The van der Waals surface area contributed by atoms with Crippen molar-refractivity contribution in [3.05, 3.63) is 0 Å². The van der Waals surface area contributed by atoms with Crippen LogP contribution in [0.5, 0.6) is 0 Å². The summed E-state index contributed by atoms with van der Waals surface area (Å²) in [4.78, 5) is 23.0. The molecule has 0 aliphatic carbocycles. The number of rotatable bonds is 2. The van der Waals surface area contributed by atoms with Crippen LogP contribution in [0.15, 0.2) is 0 Å². The standard InChI is InChI=1S/C9H12F2N2O5/c10-9(11)6(16)4(3-14)18-7(9)13-2-1-5(15)12-8(13)17/h4,6-7,14,16H,1-3H2,(H,12,15,17)/t4-,6?,7-/m1/s1. The second-order valence-corrected chi connectivity index (χ2v) is 4.13. The van der Waals surface area contributed by atoms with Gasteiger partial charge in [0.05, 0.1) is 6.61 Å². The Bertz CT molecular complexity index is 378. The highest BCUT2D eigenvalue weighted by Gasteiger charge is 2.61. The van der Waals surface area contributed by atoms with E-state index < -0.39 is 42.9 Å². The van der Waals surface area contributed by atoms with E-state index in [1.165, 1.54) is 0 Å². The van der Waals surface area contributed by atoms with E-state index in [-0.39, 0.29) is 13.0 Å². The molecule has 2 heterocycles. The molecule has 3 atom stereocenters. The second kappa shape index (κ2) is 4.41. The molecule has 0 saturated carbocycles. The number of urea groups is 1. The molecule has 0 spiro atoms. The van der Waals surface area contributed by atoms with Gasteiger partial charge in [0.25, 0.3) is 0 Å². The fraction of sp³-hybridized carbons (Fsp3) is 0.778. The Balaban J connectivity index is 2.18. The van der Waals surface area contributed by atoms with Crippen LogP contribution in [0.25, 0.3) is 0 Å². The first-order chi connectivity index (χ1) is 8.37. The molecule has 0 aromatic rings. The van der Waals surface area contributed by atoms with E-state index in [2.05, 4.69) is 0 Å². The van der Waals surface area contributed by atoms with Crippen molar-refractivity contribution < 1.29 is 33.3 Å². The summed E-state index contributed by atoms with van der Waals surface area (Å²) in [5.41, 5.74) is 0. The SMILES string of the molecule is O=C1CCN([C@@H]2O[C@H](CO)C(O)C2(F)F)C(=O)N1. The van der Waals surface area contributed by atoms with Gasteiger partial charge in [-0.1, -0.05) is 0 Å². The molecular weight excluding hydrogens is 254 g/mol. The van der Waals surface area contributed by atoms with E-state index in [1.807, 2.05) is 5.32 Å². The maximum atomic E-state index is 13.7. The number of imide groups is 1. The van der Waals surface area contributed by atoms with E-state index >= 15 is 0 Å². The summed E-state index contributed by atoms with van der Waals surface area (Å²) < 4.78 is 32.2. The number of amides is 3. The Morgan fingerprint density at radius 2 is 2.17 bits per heavy atom. The van der Waals surface area contributed by atoms with Crippen molar-refractivity contribution in [3.63, 3.8) is 0 Å². The minimum absolute atomic E-state index is 0.123. The van der Waals surface area contributed by atoms with Crippen LogP contribution in [0, 0.1) is 0 Å². The van der Waals surface area contributed by atoms with Crippen LogP contribution in [0.1, 0.15) is 6.42 Å². The Hall–Kier alpha value is -1.32. The number of aliphatic hydroxyl groups excluding tert-OH is 2. The van der Waals surface area contributed by atoms with Gasteiger partial charge in [-0.05, 0) is 0 Å². The third-order valence-corrected chi connectivity index (χ3v) is 2.93. The number of carbonyl (C=O) groups is 2. The summed E-state index contributed by atoms with van der Waals surface area (Å²) in [5.74, 6) is -4.26. The third-order valence-electron chi connectivity index (χ3n) is 2.93. The van der Waals surface area contributed by atoms with Gasteiger partial charge >= 0.3 is 12.0 Å². The lowest BCUT2D eigenvalue weighted by Crippen LogP contribution is -2.58. The number of hydrogen-bond donors (Lipinski definition) is 3. The minimum Gasteiger partial charge on any atom is -0.394 e. The highest BCUT2D eigenvalue weighted by atomic mass is 19.3. The molecule has 9 heteroatoms. The first-order valence-corrected chi connectivity index (χ1v) is 5.30. The lowest BCUT2D eigenvalue weighted by molar-refractivity contribution is -0.158. The smallest absolute Gasteiger partial charge is 0.326 e. The summed E-state index contributed by atoms with van der Waals surface area (Å²) >= 11 is 0. The number of carbonyl (C=O) groups excluding carboxylic acids is 2. The highest BCUT2D eigenvalue weighted by molar-refractivity contribution is 5.96. The molecule has 0 aromatic heterocycles. The zero-order valence-electron chi connectivity index (χ0n) is 9.18. The van der Waals surface area contributed by atoms with Crippen LogP contribution in [0.3, 0.4) is 0 Å². The van der Waals surface area contributed by atoms with Crippen molar-refractivity contribution in [1.82, 2.24) is 10.2 Å². The van der Waals surface area contributed by atoms with Crippen molar-refractivity contribution in [2.45, 2.75) is 30.8 Å². The fourth-order valence-electron chi connectivity index (χ4n) is 1.95. The minimum atomic E-state index is -3.70. The molecule has 2 rings (SSSR count). The number of hydrogen-bond acceptors (Lipinski definition) is 5. The van der Waals surface area contributed by atoms with Crippen molar-refractivity contribution >= 4 is 11.9 Å². The first kappa shape index (κ1) is 13.1. The number of nitrogens with zero attached hydrogens (tertiary/aromatic N) is 1. The lowest BCUT2D eigenvalue weighted by atomic mass is 10.1. The summed E-state index contributed by atoms with van der Waals surface area (Å²) in [6, 6.07) is -0.998. The largest absolute Gasteiger partial charge is 0.394 e. The first-order valence-electron chi connectivity index (χ1n) is 5.30. The topological polar surface area (TPSA) is 99.1 Å². The average Bonchev–Trinajstić information content (AvgIpc) is 2.52. The van der Waals surface area contributed by atoms with Gasteiger partial charge in [0.1, 0.15) is 6.10 Å². The number of alkyl halides is 2. The molecule has 18 heavy (non-hydrogen) atoms. The second-order valence-electron chi connectivity index (χ2n) is 4.13.